The highest BCUT2D eigenvalue weighted by Crippen LogP contribution is 2.01. The SMILES string of the molecule is C=CNC(=NCC)c1cccc(C(N)=N/C=C\C)n1. The minimum absolute atomic E-state index is 0.370. The molecule has 0 unspecified atom stereocenters. The van der Waals surface area contributed by atoms with Gasteiger partial charge in [-0.1, -0.05) is 18.7 Å². The van der Waals surface area contributed by atoms with E-state index in [0.29, 0.717) is 29.6 Å². The van der Waals surface area contributed by atoms with Crippen molar-refractivity contribution >= 4 is 11.7 Å². The van der Waals surface area contributed by atoms with Gasteiger partial charge in [0.15, 0.2) is 5.84 Å². The molecule has 0 saturated heterocycles. The summed E-state index contributed by atoms with van der Waals surface area (Å²) in [7, 11) is 0. The Hall–Kier alpha value is -2.43. The van der Waals surface area contributed by atoms with E-state index in [1.54, 1.807) is 18.5 Å². The molecule has 5 heteroatoms. The Morgan fingerprint density at radius 2 is 2.21 bits per heavy atom. The van der Waals surface area contributed by atoms with Crippen LogP contribution in [0.3, 0.4) is 0 Å². The third-order valence-electron chi connectivity index (χ3n) is 2.17. The Bertz CT molecular complexity index is 514. The maximum Gasteiger partial charge on any atom is 0.151 e. The number of nitrogens with two attached hydrogens (primary N) is 1. The third-order valence-corrected chi connectivity index (χ3v) is 2.17. The van der Waals surface area contributed by atoms with Crippen LogP contribution in [0.4, 0.5) is 0 Å². The zero-order valence-corrected chi connectivity index (χ0v) is 11.3. The van der Waals surface area contributed by atoms with Gasteiger partial charge in [-0.3, -0.25) is 4.99 Å². The maximum absolute atomic E-state index is 5.85. The summed E-state index contributed by atoms with van der Waals surface area (Å²) < 4.78 is 0. The Morgan fingerprint density at radius 1 is 1.47 bits per heavy atom. The number of nitrogens with one attached hydrogen (secondary N) is 1. The molecule has 0 atom stereocenters. The summed E-state index contributed by atoms with van der Waals surface area (Å²) in [5, 5.41) is 2.97. The summed E-state index contributed by atoms with van der Waals surface area (Å²) in [6.45, 7) is 8.12. The van der Waals surface area contributed by atoms with E-state index in [-0.39, 0.29) is 0 Å². The first-order valence-corrected chi connectivity index (χ1v) is 6.07. The molecule has 0 radical (unpaired) electrons. The van der Waals surface area contributed by atoms with Gasteiger partial charge in [-0.25, -0.2) is 9.98 Å². The van der Waals surface area contributed by atoms with Crippen LogP contribution in [0.25, 0.3) is 0 Å². The summed E-state index contributed by atoms with van der Waals surface area (Å²) in [5.41, 5.74) is 7.18. The van der Waals surface area contributed by atoms with E-state index in [0.717, 1.165) is 0 Å². The van der Waals surface area contributed by atoms with Gasteiger partial charge in [0.25, 0.3) is 0 Å². The molecule has 1 rings (SSSR count). The van der Waals surface area contributed by atoms with E-state index in [4.69, 9.17) is 5.73 Å². The summed E-state index contributed by atoms with van der Waals surface area (Å²) in [6.07, 6.45) is 5.01. The molecule has 0 fully saturated rings. The van der Waals surface area contributed by atoms with E-state index < -0.39 is 0 Å². The van der Waals surface area contributed by atoms with Gasteiger partial charge in [0.05, 0.1) is 0 Å². The maximum atomic E-state index is 5.85. The van der Waals surface area contributed by atoms with Crippen LogP contribution in [-0.2, 0) is 0 Å². The number of hydrogen-bond acceptors (Lipinski definition) is 3. The van der Waals surface area contributed by atoms with Crippen molar-refractivity contribution in [1.29, 1.82) is 0 Å². The van der Waals surface area contributed by atoms with Crippen molar-refractivity contribution in [3.63, 3.8) is 0 Å². The van der Waals surface area contributed by atoms with Gasteiger partial charge in [-0.15, -0.1) is 0 Å². The predicted molar refractivity (Wildman–Crippen MR) is 80.2 cm³/mol. The number of allylic oxidation sites excluding steroid dienone is 1. The molecule has 1 aromatic heterocycles. The average Bonchev–Trinajstić information content (AvgIpc) is 2.44. The Labute approximate surface area is 113 Å². The summed E-state index contributed by atoms with van der Waals surface area (Å²) in [6, 6.07) is 5.53. The van der Waals surface area contributed by atoms with Crippen LogP contribution in [-0.4, -0.2) is 23.2 Å². The van der Waals surface area contributed by atoms with Crippen LogP contribution in [0.5, 0.6) is 0 Å². The average molecular weight is 257 g/mol. The molecule has 0 saturated carbocycles. The molecule has 0 aliphatic carbocycles. The third kappa shape index (κ3) is 4.39. The van der Waals surface area contributed by atoms with Crippen molar-refractivity contribution in [1.82, 2.24) is 10.3 Å². The second-order valence-electron chi connectivity index (χ2n) is 3.58. The van der Waals surface area contributed by atoms with Crippen molar-refractivity contribution in [3.8, 4) is 0 Å². The smallest absolute Gasteiger partial charge is 0.151 e. The van der Waals surface area contributed by atoms with E-state index in [2.05, 4.69) is 26.9 Å². The highest BCUT2D eigenvalue weighted by atomic mass is 15.0. The normalized spacial score (nSPS) is 12.7. The van der Waals surface area contributed by atoms with Gasteiger partial charge < -0.3 is 11.1 Å². The monoisotopic (exact) mass is 257 g/mol. The van der Waals surface area contributed by atoms with Gasteiger partial charge in [0.1, 0.15) is 17.2 Å². The number of nitrogens with zero attached hydrogens (tertiary/aromatic N) is 3. The van der Waals surface area contributed by atoms with E-state index in [1.807, 2.05) is 32.0 Å². The van der Waals surface area contributed by atoms with Crippen LogP contribution in [0.1, 0.15) is 25.2 Å². The highest BCUT2D eigenvalue weighted by Gasteiger charge is 2.06. The molecule has 19 heavy (non-hydrogen) atoms. The van der Waals surface area contributed by atoms with E-state index >= 15 is 0 Å². The number of hydrogen-bond donors (Lipinski definition) is 2. The molecular weight excluding hydrogens is 238 g/mol. The lowest BCUT2D eigenvalue weighted by atomic mass is 10.2. The van der Waals surface area contributed by atoms with Gasteiger partial charge in [0.2, 0.25) is 0 Å². The van der Waals surface area contributed by atoms with Crippen molar-refractivity contribution in [3.05, 3.63) is 54.6 Å². The molecule has 100 valence electrons. The van der Waals surface area contributed by atoms with Gasteiger partial charge in [-0.05, 0) is 32.2 Å². The minimum atomic E-state index is 0.370. The summed E-state index contributed by atoms with van der Waals surface area (Å²) in [4.78, 5) is 12.8. The van der Waals surface area contributed by atoms with E-state index in [9.17, 15) is 0 Å². The van der Waals surface area contributed by atoms with Crippen LogP contribution < -0.4 is 11.1 Å². The Balaban J connectivity index is 3.11. The molecule has 0 aliphatic heterocycles. The fourth-order valence-electron chi connectivity index (χ4n) is 1.39. The molecule has 0 aromatic carbocycles. The molecular formula is C14H19N5. The summed E-state index contributed by atoms with van der Waals surface area (Å²) >= 11 is 0. The van der Waals surface area contributed by atoms with Crippen LogP contribution in [0.2, 0.25) is 0 Å². The first-order valence-electron chi connectivity index (χ1n) is 6.07. The fraction of sp³-hybridized carbons (Fsp3) is 0.214. The molecule has 3 N–H and O–H groups in total. The Kier molecular flexibility index (Phi) is 6.02. The van der Waals surface area contributed by atoms with Gasteiger partial charge >= 0.3 is 0 Å². The minimum Gasteiger partial charge on any atom is -0.382 e. The topological polar surface area (TPSA) is 75.7 Å². The number of aromatic nitrogens is 1. The lowest BCUT2D eigenvalue weighted by Crippen LogP contribution is -2.22. The number of amidine groups is 2. The van der Waals surface area contributed by atoms with Crippen molar-refractivity contribution in [2.75, 3.05) is 6.54 Å². The second-order valence-corrected chi connectivity index (χ2v) is 3.58. The molecule has 1 aromatic rings. The predicted octanol–water partition coefficient (Wildman–Crippen LogP) is 1.82. The van der Waals surface area contributed by atoms with Gasteiger partial charge in [0, 0.05) is 12.7 Å². The number of rotatable bonds is 5. The summed E-state index contributed by atoms with van der Waals surface area (Å²) in [5.74, 6) is 1.03. The Morgan fingerprint density at radius 3 is 2.84 bits per heavy atom. The number of aliphatic imine (C=N–C) groups is 2. The van der Waals surface area contributed by atoms with Crippen LogP contribution >= 0.6 is 0 Å². The fourth-order valence-corrected chi connectivity index (χ4v) is 1.39. The van der Waals surface area contributed by atoms with Crippen molar-refractivity contribution < 1.29 is 0 Å². The first-order chi connectivity index (χ1) is 9.22. The van der Waals surface area contributed by atoms with Crippen molar-refractivity contribution in [2.24, 2.45) is 15.7 Å². The standard InChI is InChI=1S/C14H19N5/c1-4-10-18-13(15)11-8-7-9-12(19-11)14(16-5-2)17-6-3/h4-5,7-10H,2,6H2,1,3H3,(H2,15,18)(H,16,17)/b10-4-. The number of pyridine rings is 1. The zero-order chi connectivity index (χ0) is 14.1. The first kappa shape index (κ1) is 14.6. The van der Waals surface area contributed by atoms with E-state index in [1.165, 1.54) is 0 Å². The zero-order valence-electron chi connectivity index (χ0n) is 11.3. The van der Waals surface area contributed by atoms with Crippen LogP contribution in [0, 0.1) is 0 Å². The van der Waals surface area contributed by atoms with Crippen molar-refractivity contribution in [2.45, 2.75) is 13.8 Å². The largest absolute Gasteiger partial charge is 0.382 e. The quantitative estimate of drug-likeness (QED) is 0.624. The lowest BCUT2D eigenvalue weighted by molar-refractivity contribution is 1.08. The molecule has 1 heterocycles. The highest BCUT2D eigenvalue weighted by molar-refractivity contribution is 6.00. The van der Waals surface area contributed by atoms with Gasteiger partial charge in [-0.2, -0.15) is 0 Å². The molecule has 0 amide bonds. The second kappa shape index (κ2) is 7.81. The molecule has 0 bridgehead atoms. The molecule has 0 aliphatic rings. The van der Waals surface area contributed by atoms with Crippen LogP contribution in [0.15, 0.2) is 53.2 Å². The molecule has 5 nitrogen and oxygen atoms in total. The molecule has 0 spiro atoms. The lowest BCUT2D eigenvalue weighted by Gasteiger charge is -2.07.